The lowest BCUT2D eigenvalue weighted by Crippen LogP contribution is -2.66. The highest BCUT2D eigenvalue weighted by Crippen LogP contribution is 2.54. The number of ether oxygens (including phenoxy) is 3. The molecule has 2 heterocycles. The Morgan fingerprint density at radius 1 is 1.13 bits per heavy atom. The molecule has 2 N–H and O–H groups in total. The van der Waals surface area contributed by atoms with Crippen LogP contribution in [0.4, 0.5) is 0 Å². The molecule has 23 heavy (non-hydrogen) atoms. The van der Waals surface area contributed by atoms with Crippen molar-refractivity contribution in [1.82, 2.24) is 0 Å². The second-order valence-corrected chi connectivity index (χ2v) is 7.58. The monoisotopic (exact) mass is 328 g/mol. The predicted molar refractivity (Wildman–Crippen MR) is 81.5 cm³/mol. The minimum Gasteiger partial charge on any atom is -0.480 e. The fourth-order valence-corrected chi connectivity index (χ4v) is 4.88. The highest BCUT2D eigenvalue weighted by Gasteiger charge is 2.62. The van der Waals surface area contributed by atoms with Crippen LogP contribution in [0.5, 0.6) is 0 Å². The van der Waals surface area contributed by atoms with Crippen molar-refractivity contribution in [3.63, 3.8) is 0 Å². The first-order chi connectivity index (χ1) is 10.8. The maximum atomic E-state index is 11.6. The van der Waals surface area contributed by atoms with Gasteiger partial charge in [0.05, 0.1) is 6.10 Å². The Morgan fingerprint density at radius 2 is 1.83 bits per heavy atom. The molecule has 0 aromatic carbocycles. The number of carboxylic acids is 1. The zero-order valence-electron chi connectivity index (χ0n) is 14.1. The molecule has 3 rings (SSSR count). The van der Waals surface area contributed by atoms with Crippen molar-refractivity contribution >= 4 is 5.97 Å². The predicted octanol–water partition coefficient (Wildman–Crippen LogP) is 2.00. The van der Waals surface area contributed by atoms with Gasteiger partial charge in [-0.05, 0) is 44.4 Å². The summed E-state index contributed by atoms with van der Waals surface area (Å²) >= 11 is 0. The van der Waals surface area contributed by atoms with Crippen molar-refractivity contribution in [2.75, 3.05) is 6.61 Å². The van der Waals surface area contributed by atoms with Crippen LogP contribution in [0.25, 0.3) is 0 Å². The van der Waals surface area contributed by atoms with Gasteiger partial charge in [-0.3, -0.25) is 0 Å². The Labute approximate surface area is 137 Å². The van der Waals surface area contributed by atoms with E-state index in [4.69, 9.17) is 19.3 Å². The molecule has 2 aliphatic heterocycles. The zero-order valence-corrected chi connectivity index (χ0v) is 14.1. The van der Waals surface area contributed by atoms with Crippen LogP contribution >= 0.6 is 0 Å². The average molecular weight is 328 g/mol. The summed E-state index contributed by atoms with van der Waals surface area (Å²) in [6, 6.07) is 0. The molecule has 0 aromatic rings. The van der Waals surface area contributed by atoms with E-state index in [0.29, 0.717) is 5.92 Å². The fourth-order valence-electron chi connectivity index (χ4n) is 4.88. The minimum absolute atomic E-state index is 0.00606. The third kappa shape index (κ3) is 2.90. The van der Waals surface area contributed by atoms with Gasteiger partial charge in [-0.1, -0.05) is 13.8 Å². The van der Waals surface area contributed by atoms with Crippen molar-refractivity contribution in [3.8, 4) is 0 Å². The maximum absolute atomic E-state index is 11.6. The molecule has 0 amide bonds. The summed E-state index contributed by atoms with van der Waals surface area (Å²) in [5, 5.41) is 20.4. The molecule has 1 saturated carbocycles. The first kappa shape index (κ1) is 17.1. The van der Waals surface area contributed by atoms with Crippen LogP contribution < -0.4 is 0 Å². The maximum Gasteiger partial charge on any atom is 0.329 e. The van der Waals surface area contributed by atoms with Crippen molar-refractivity contribution < 1.29 is 29.2 Å². The quantitative estimate of drug-likeness (QED) is 0.824. The van der Waals surface area contributed by atoms with Gasteiger partial charge >= 0.3 is 5.97 Å². The first-order valence-corrected chi connectivity index (χ1v) is 8.70. The van der Waals surface area contributed by atoms with E-state index >= 15 is 0 Å². The van der Waals surface area contributed by atoms with Gasteiger partial charge in [0, 0.05) is 11.8 Å². The van der Waals surface area contributed by atoms with Crippen LogP contribution in [0, 0.1) is 23.7 Å². The highest BCUT2D eigenvalue weighted by atomic mass is 16.8. The zero-order chi connectivity index (χ0) is 16.8. The largest absolute Gasteiger partial charge is 0.480 e. The molecular weight excluding hydrogens is 300 g/mol. The third-order valence-corrected chi connectivity index (χ3v) is 6.12. The number of rotatable bonds is 3. The number of carboxylic acid groups (broad SMARTS) is 1. The molecule has 8 atom stereocenters. The number of hydrogen-bond donors (Lipinski definition) is 2. The molecule has 0 bridgehead atoms. The summed E-state index contributed by atoms with van der Waals surface area (Å²) in [6.07, 6.45) is 2.40. The van der Waals surface area contributed by atoms with Crippen molar-refractivity contribution in [1.29, 1.82) is 0 Å². The third-order valence-electron chi connectivity index (χ3n) is 6.12. The van der Waals surface area contributed by atoms with E-state index in [1.807, 2.05) is 13.8 Å². The topological polar surface area (TPSA) is 85.2 Å². The van der Waals surface area contributed by atoms with Gasteiger partial charge in [0.2, 0.25) is 0 Å². The standard InChI is InChI=1S/C17H28O6/c1-9-4-6-13-11(3)15(21-8-14(18)19)23-16-17(13,20)12(9)7-5-10(2)22-16/h9-13,15-16,20H,4-8H2,1-3H3,(H,18,19)/t9-,10+,11-,12?,13?,15?,16+,17-/m1/s1. The van der Waals surface area contributed by atoms with Gasteiger partial charge in [-0.15, -0.1) is 0 Å². The lowest BCUT2D eigenvalue weighted by molar-refractivity contribution is -0.381. The van der Waals surface area contributed by atoms with E-state index in [2.05, 4.69) is 6.92 Å². The van der Waals surface area contributed by atoms with E-state index in [0.717, 1.165) is 25.7 Å². The van der Waals surface area contributed by atoms with E-state index in [1.165, 1.54) is 0 Å². The molecular formula is C17H28O6. The highest BCUT2D eigenvalue weighted by molar-refractivity contribution is 5.68. The van der Waals surface area contributed by atoms with E-state index in [1.54, 1.807) is 0 Å². The first-order valence-electron chi connectivity index (χ1n) is 8.70. The Balaban J connectivity index is 1.88. The summed E-state index contributed by atoms with van der Waals surface area (Å²) in [6.45, 7) is 5.77. The van der Waals surface area contributed by atoms with Crippen molar-refractivity contribution in [2.45, 2.75) is 70.7 Å². The average Bonchev–Trinajstić information content (AvgIpc) is 2.60. The van der Waals surface area contributed by atoms with Crippen molar-refractivity contribution in [2.24, 2.45) is 23.7 Å². The summed E-state index contributed by atoms with van der Waals surface area (Å²) in [7, 11) is 0. The number of aliphatic hydroxyl groups is 1. The molecule has 0 radical (unpaired) electrons. The molecule has 6 heteroatoms. The summed E-state index contributed by atoms with van der Waals surface area (Å²) in [5.41, 5.74) is -1.01. The Hall–Kier alpha value is -0.690. The second-order valence-electron chi connectivity index (χ2n) is 7.58. The van der Waals surface area contributed by atoms with Gasteiger partial charge in [-0.25, -0.2) is 4.79 Å². The smallest absolute Gasteiger partial charge is 0.329 e. The molecule has 1 aliphatic carbocycles. The van der Waals surface area contributed by atoms with Crippen LogP contribution in [0.2, 0.25) is 0 Å². The lowest BCUT2D eigenvalue weighted by atomic mass is 9.58. The summed E-state index contributed by atoms with van der Waals surface area (Å²) < 4.78 is 17.4. The second kappa shape index (κ2) is 6.31. The Bertz CT molecular complexity index is 454. The number of hydrogen-bond acceptors (Lipinski definition) is 5. The van der Waals surface area contributed by atoms with Gasteiger partial charge in [0.25, 0.3) is 0 Å². The van der Waals surface area contributed by atoms with Gasteiger partial charge in [0.1, 0.15) is 12.2 Å². The molecule has 2 saturated heterocycles. The van der Waals surface area contributed by atoms with Crippen LogP contribution in [-0.2, 0) is 19.0 Å². The normalized spacial score (nSPS) is 50.0. The molecule has 3 fully saturated rings. The molecule has 0 spiro atoms. The van der Waals surface area contributed by atoms with Crippen LogP contribution in [0.3, 0.4) is 0 Å². The molecule has 3 aliphatic rings. The summed E-state index contributed by atoms with van der Waals surface area (Å²) in [5.74, 6) is -0.500. The van der Waals surface area contributed by atoms with E-state index in [9.17, 15) is 9.90 Å². The van der Waals surface area contributed by atoms with Crippen LogP contribution in [-0.4, -0.2) is 47.1 Å². The Morgan fingerprint density at radius 3 is 2.52 bits per heavy atom. The molecule has 0 aromatic heterocycles. The van der Waals surface area contributed by atoms with Gasteiger partial charge < -0.3 is 24.4 Å². The summed E-state index contributed by atoms with van der Waals surface area (Å²) in [4.78, 5) is 10.8. The Kier molecular flexibility index (Phi) is 4.71. The SMILES string of the molecule is C[C@H]1C(OCC(=O)O)O[C@@H]2O[C@@H](C)CCC3[C@H](C)CCC1[C@]32O. The van der Waals surface area contributed by atoms with Gasteiger partial charge in [0.15, 0.2) is 12.6 Å². The lowest BCUT2D eigenvalue weighted by Gasteiger charge is -2.57. The molecule has 6 nitrogen and oxygen atoms in total. The molecule has 132 valence electrons. The fraction of sp³-hybridized carbons (Fsp3) is 0.941. The number of aliphatic carboxylic acids is 1. The molecule has 3 unspecified atom stereocenters. The van der Waals surface area contributed by atoms with Crippen LogP contribution in [0.1, 0.15) is 46.5 Å². The van der Waals surface area contributed by atoms with Crippen molar-refractivity contribution in [3.05, 3.63) is 0 Å². The van der Waals surface area contributed by atoms with E-state index in [-0.39, 0.29) is 23.9 Å². The van der Waals surface area contributed by atoms with Gasteiger partial charge in [-0.2, -0.15) is 0 Å². The minimum atomic E-state index is -1.02. The number of carbonyl (C=O) groups is 1. The van der Waals surface area contributed by atoms with E-state index < -0.39 is 30.8 Å². The van der Waals surface area contributed by atoms with Crippen LogP contribution in [0.15, 0.2) is 0 Å².